The third kappa shape index (κ3) is 7.82. The van der Waals surface area contributed by atoms with E-state index in [1.54, 1.807) is 18.0 Å². The molecule has 1 fully saturated rings. The summed E-state index contributed by atoms with van der Waals surface area (Å²) < 4.78 is 16.0. The lowest BCUT2D eigenvalue weighted by molar-refractivity contribution is 0.0240. The van der Waals surface area contributed by atoms with Crippen LogP contribution in [0.25, 0.3) is 0 Å². The van der Waals surface area contributed by atoms with Gasteiger partial charge in [-0.3, -0.25) is 4.90 Å². The van der Waals surface area contributed by atoms with Crippen molar-refractivity contribution in [1.82, 2.24) is 14.9 Å². The first-order valence-corrected chi connectivity index (χ1v) is 14.2. The maximum Gasteiger partial charge on any atom is 0.410 e. The molecule has 3 amide bonds. The first kappa shape index (κ1) is 31.8. The number of nitrogens with zero attached hydrogens (tertiary/aromatic N) is 5. The van der Waals surface area contributed by atoms with Crippen LogP contribution in [-0.2, 0) is 4.74 Å². The highest BCUT2D eigenvalue weighted by Crippen LogP contribution is 2.44. The van der Waals surface area contributed by atoms with Crippen molar-refractivity contribution in [2.24, 2.45) is 0 Å². The van der Waals surface area contributed by atoms with Crippen LogP contribution in [0, 0.1) is 0 Å². The summed E-state index contributed by atoms with van der Waals surface area (Å²) >= 11 is 12.8. The van der Waals surface area contributed by atoms with Crippen LogP contribution in [0.1, 0.15) is 20.8 Å². The highest BCUT2D eigenvalue weighted by molar-refractivity contribution is 6.41. The molecule has 2 N–H and O–H groups in total. The first-order chi connectivity index (χ1) is 20.4. The second-order valence-corrected chi connectivity index (χ2v) is 11.4. The molecular formula is C29H35Cl2N7O5. The van der Waals surface area contributed by atoms with Gasteiger partial charge < -0.3 is 34.6 Å². The van der Waals surface area contributed by atoms with Crippen LogP contribution < -0.4 is 29.9 Å². The zero-order chi connectivity index (χ0) is 31.3. The maximum atomic E-state index is 13.1. The number of nitrogens with one attached hydrogen (secondary N) is 2. The minimum atomic E-state index is -0.542. The van der Waals surface area contributed by atoms with Crippen LogP contribution in [0.2, 0.25) is 10.0 Å². The molecule has 2 aromatic carbocycles. The van der Waals surface area contributed by atoms with E-state index < -0.39 is 11.6 Å². The zero-order valence-electron chi connectivity index (χ0n) is 24.9. The Hall–Kier alpha value is -4.16. The number of hydrogen-bond acceptors (Lipinski definition) is 9. The summed E-state index contributed by atoms with van der Waals surface area (Å²) in [6, 6.07) is 10.5. The van der Waals surface area contributed by atoms with Crippen molar-refractivity contribution in [2.75, 3.05) is 67.9 Å². The van der Waals surface area contributed by atoms with Crippen molar-refractivity contribution in [2.45, 2.75) is 26.4 Å². The van der Waals surface area contributed by atoms with E-state index in [4.69, 9.17) is 37.4 Å². The average Bonchev–Trinajstić information content (AvgIpc) is 2.98. The van der Waals surface area contributed by atoms with Crippen LogP contribution in [0.4, 0.5) is 38.3 Å². The number of methoxy groups -OCH3 is 2. The van der Waals surface area contributed by atoms with Crippen LogP contribution in [0.5, 0.6) is 11.5 Å². The molecule has 1 saturated heterocycles. The summed E-state index contributed by atoms with van der Waals surface area (Å²) in [5.74, 6) is 1.41. The number of benzene rings is 2. The van der Waals surface area contributed by atoms with Gasteiger partial charge in [-0.2, -0.15) is 0 Å². The number of hydrogen-bond donors (Lipinski definition) is 2. The van der Waals surface area contributed by atoms with Crippen molar-refractivity contribution in [3.05, 3.63) is 52.8 Å². The van der Waals surface area contributed by atoms with Crippen molar-refractivity contribution in [1.29, 1.82) is 0 Å². The number of amides is 3. The molecule has 0 aliphatic carbocycles. The van der Waals surface area contributed by atoms with Gasteiger partial charge >= 0.3 is 12.1 Å². The van der Waals surface area contributed by atoms with Gasteiger partial charge in [0.1, 0.15) is 45.1 Å². The van der Waals surface area contributed by atoms with E-state index in [0.29, 0.717) is 49.3 Å². The number of rotatable bonds is 7. The highest BCUT2D eigenvalue weighted by Gasteiger charge is 2.26. The van der Waals surface area contributed by atoms with Crippen LogP contribution in [0.15, 0.2) is 42.7 Å². The zero-order valence-corrected chi connectivity index (χ0v) is 26.4. The standard InChI is InChI=1S/C29H35Cl2N7O5/c1-29(2,3)43-28(40)38-13-11-37(12-14-38)19-9-7-18(8-10-19)34-22-16-23(33-17-32-22)36(4)27(39)35-26-24(30)20(41-5)15-21(42-6)25(26)31/h7-10,15-17H,11-14H2,1-6H3,(H,35,39)(H,32,33,34). The van der Waals surface area contributed by atoms with Gasteiger partial charge in [-0.25, -0.2) is 19.6 Å². The van der Waals surface area contributed by atoms with Gasteiger partial charge in [0.05, 0.1) is 19.9 Å². The largest absolute Gasteiger partial charge is 0.495 e. The van der Waals surface area contributed by atoms with Gasteiger partial charge in [-0.15, -0.1) is 0 Å². The molecule has 230 valence electrons. The fourth-order valence-corrected chi connectivity index (χ4v) is 4.86. The maximum absolute atomic E-state index is 13.1. The lowest BCUT2D eigenvalue weighted by atomic mass is 10.2. The van der Waals surface area contributed by atoms with Gasteiger partial charge in [-0.1, -0.05) is 23.2 Å². The third-order valence-electron chi connectivity index (χ3n) is 6.54. The van der Waals surface area contributed by atoms with Crippen molar-refractivity contribution >= 4 is 64.0 Å². The quantitative estimate of drug-likeness (QED) is 0.311. The molecule has 3 aromatic rings. The number of carbonyl (C=O) groups excluding carboxylic acids is 2. The Morgan fingerprint density at radius 1 is 0.930 bits per heavy atom. The van der Waals surface area contributed by atoms with E-state index >= 15 is 0 Å². The summed E-state index contributed by atoms with van der Waals surface area (Å²) in [5.41, 5.74) is 1.47. The van der Waals surface area contributed by atoms with E-state index in [0.717, 1.165) is 11.4 Å². The van der Waals surface area contributed by atoms with E-state index in [1.807, 2.05) is 45.0 Å². The summed E-state index contributed by atoms with van der Waals surface area (Å²) in [7, 11) is 4.45. The van der Waals surface area contributed by atoms with E-state index in [1.165, 1.54) is 31.5 Å². The van der Waals surface area contributed by atoms with Crippen molar-refractivity contribution in [3.8, 4) is 11.5 Å². The Balaban J connectivity index is 1.38. The molecule has 43 heavy (non-hydrogen) atoms. The SMILES string of the molecule is COc1cc(OC)c(Cl)c(NC(=O)N(C)c2cc(Nc3ccc(N4CCN(C(=O)OC(C)(C)C)CC4)cc3)ncn2)c1Cl. The average molecular weight is 633 g/mol. The van der Waals surface area contributed by atoms with Crippen LogP contribution in [-0.4, -0.2) is 80.0 Å². The number of carbonyl (C=O) groups is 2. The van der Waals surface area contributed by atoms with E-state index in [2.05, 4.69) is 25.5 Å². The molecular weight excluding hydrogens is 597 g/mol. The molecule has 0 saturated carbocycles. The smallest absolute Gasteiger partial charge is 0.410 e. The normalized spacial score (nSPS) is 13.3. The van der Waals surface area contributed by atoms with E-state index in [-0.39, 0.29) is 21.8 Å². The fraction of sp³-hybridized carbons (Fsp3) is 0.379. The van der Waals surface area contributed by atoms with Gasteiger partial charge in [0.15, 0.2) is 0 Å². The van der Waals surface area contributed by atoms with Crippen molar-refractivity contribution < 1.29 is 23.8 Å². The minimum Gasteiger partial charge on any atom is -0.495 e. The lowest BCUT2D eigenvalue weighted by Crippen LogP contribution is -2.50. The summed E-state index contributed by atoms with van der Waals surface area (Å²) in [6.07, 6.45) is 1.07. The first-order valence-electron chi connectivity index (χ1n) is 13.5. The molecule has 0 spiro atoms. The summed E-state index contributed by atoms with van der Waals surface area (Å²) in [4.78, 5) is 39.2. The second kappa shape index (κ2) is 13.4. The molecule has 0 atom stereocenters. The number of piperazine rings is 1. The van der Waals surface area contributed by atoms with E-state index in [9.17, 15) is 9.59 Å². The lowest BCUT2D eigenvalue weighted by Gasteiger charge is -2.36. The van der Waals surface area contributed by atoms with Gasteiger partial charge in [0, 0.05) is 56.7 Å². The molecule has 14 heteroatoms. The predicted octanol–water partition coefficient (Wildman–Crippen LogP) is 6.27. The number of anilines is 5. The molecule has 0 unspecified atom stereocenters. The van der Waals surface area contributed by atoms with Gasteiger partial charge in [-0.05, 0) is 45.0 Å². The molecule has 1 aromatic heterocycles. The van der Waals surface area contributed by atoms with Crippen LogP contribution >= 0.6 is 23.2 Å². The van der Waals surface area contributed by atoms with Crippen LogP contribution in [0.3, 0.4) is 0 Å². The number of urea groups is 1. The predicted molar refractivity (Wildman–Crippen MR) is 169 cm³/mol. The second-order valence-electron chi connectivity index (χ2n) is 10.7. The Morgan fingerprint density at radius 3 is 2.09 bits per heavy atom. The third-order valence-corrected chi connectivity index (χ3v) is 7.29. The topological polar surface area (TPSA) is 121 Å². The molecule has 0 bridgehead atoms. The Bertz CT molecular complexity index is 1430. The number of ether oxygens (including phenoxy) is 3. The summed E-state index contributed by atoms with van der Waals surface area (Å²) in [6.45, 7) is 8.17. The summed E-state index contributed by atoms with van der Waals surface area (Å²) in [5, 5.41) is 6.20. The van der Waals surface area contributed by atoms with Crippen molar-refractivity contribution in [3.63, 3.8) is 0 Å². The molecule has 0 radical (unpaired) electrons. The number of halogens is 2. The number of aromatic nitrogens is 2. The molecule has 1 aliphatic rings. The van der Waals surface area contributed by atoms with Gasteiger partial charge in [0.2, 0.25) is 0 Å². The Kier molecular flexibility index (Phi) is 9.92. The Morgan fingerprint density at radius 2 is 1.53 bits per heavy atom. The van der Waals surface area contributed by atoms with Gasteiger partial charge in [0.25, 0.3) is 0 Å². The fourth-order valence-electron chi connectivity index (χ4n) is 4.27. The minimum absolute atomic E-state index is 0.133. The monoisotopic (exact) mass is 631 g/mol. The highest BCUT2D eigenvalue weighted by atomic mass is 35.5. The molecule has 2 heterocycles. The molecule has 1 aliphatic heterocycles. The molecule has 12 nitrogen and oxygen atoms in total. The molecule has 4 rings (SSSR count). The Labute approximate surface area is 260 Å².